The molecule has 10 heteroatoms. The van der Waals surface area contributed by atoms with E-state index in [2.05, 4.69) is 39.4 Å². The zero-order valence-electron chi connectivity index (χ0n) is 29.2. The number of benzene rings is 3. The largest absolute Gasteiger partial charge is 0.496 e. The molecule has 1 aromatic heterocycles. The molecule has 3 aliphatic heterocycles. The van der Waals surface area contributed by atoms with Crippen molar-refractivity contribution in [3.05, 3.63) is 86.9 Å². The molecular weight excluding hydrogens is 683 g/mol. The number of ether oxygens (including phenoxy) is 3. The van der Waals surface area contributed by atoms with Gasteiger partial charge in [-0.1, -0.05) is 65.7 Å². The molecule has 264 valence electrons. The van der Waals surface area contributed by atoms with Crippen molar-refractivity contribution in [2.24, 2.45) is 5.41 Å². The first-order valence-electron chi connectivity index (χ1n) is 17.9. The highest BCUT2D eigenvalue weighted by Crippen LogP contribution is 2.51. The molecular formula is C41H42Cl2N4O4. The van der Waals surface area contributed by atoms with Crippen molar-refractivity contribution >= 4 is 29.1 Å². The number of hydrogen-bond donors (Lipinski definition) is 1. The van der Waals surface area contributed by atoms with Gasteiger partial charge in [-0.3, -0.25) is 14.6 Å². The van der Waals surface area contributed by atoms with Crippen LogP contribution < -0.4 is 14.8 Å². The molecule has 9 rings (SSSR count). The van der Waals surface area contributed by atoms with E-state index in [0.29, 0.717) is 34.5 Å². The molecule has 1 amide bonds. The minimum Gasteiger partial charge on any atom is -0.496 e. The molecule has 3 fully saturated rings. The van der Waals surface area contributed by atoms with Gasteiger partial charge in [0, 0.05) is 97.1 Å². The standard InChI is InChI=1S/C41H42Cl2N4O4/c1-49-26-18-46(19-26)32-12-10-23-14-25(16-34(50-2)36(23)32)27-6-4-7-28(38(27)42)29-8-5-9-30(39(29)43)31-15-24-11-13-33(37(24)40(45-31)51-3)47-21-41(22-47)17-35(48)44-20-41/h4-9,14-16,26,32-33H,10-13,17-22H2,1-3H3,(H,44,48). The number of aryl methyl sites for hydroxylation is 2. The van der Waals surface area contributed by atoms with E-state index in [1.54, 1.807) is 21.3 Å². The second-order valence-corrected chi connectivity index (χ2v) is 15.7. The van der Waals surface area contributed by atoms with E-state index < -0.39 is 0 Å². The first-order valence-corrected chi connectivity index (χ1v) is 18.7. The van der Waals surface area contributed by atoms with Gasteiger partial charge in [-0.2, -0.15) is 0 Å². The fourth-order valence-corrected chi connectivity index (χ4v) is 10.1. The molecule has 0 bridgehead atoms. The topological polar surface area (TPSA) is 76.2 Å². The van der Waals surface area contributed by atoms with E-state index in [4.69, 9.17) is 42.4 Å². The molecule has 0 saturated carbocycles. The summed E-state index contributed by atoms with van der Waals surface area (Å²) in [6.07, 6.45) is 4.95. The van der Waals surface area contributed by atoms with Crippen LogP contribution in [0.25, 0.3) is 33.5 Å². The maximum atomic E-state index is 11.9. The lowest BCUT2D eigenvalue weighted by atomic mass is 9.77. The molecule has 4 heterocycles. The smallest absolute Gasteiger partial charge is 0.220 e. The first kappa shape index (κ1) is 33.2. The van der Waals surface area contributed by atoms with Gasteiger partial charge in [-0.05, 0) is 54.5 Å². The van der Waals surface area contributed by atoms with Crippen molar-refractivity contribution in [1.29, 1.82) is 0 Å². The average molecular weight is 726 g/mol. The number of amides is 1. The van der Waals surface area contributed by atoms with Crippen LogP contribution in [0.5, 0.6) is 11.6 Å². The summed E-state index contributed by atoms with van der Waals surface area (Å²) in [5.74, 6) is 1.72. The van der Waals surface area contributed by atoms with Gasteiger partial charge < -0.3 is 19.5 Å². The molecule has 3 aromatic carbocycles. The van der Waals surface area contributed by atoms with Gasteiger partial charge in [-0.25, -0.2) is 4.98 Å². The highest BCUT2D eigenvalue weighted by atomic mass is 35.5. The number of halogens is 2. The van der Waals surface area contributed by atoms with Gasteiger partial charge in [0.1, 0.15) is 5.75 Å². The van der Waals surface area contributed by atoms with E-state index >= 15 is 0 Å². The average Bonchev–Trinajstić information content (AvgIpc) is 3.84. The summed E-state index contributed by atoms with van der Waals surface area (Å²) in [5, 5.41) is 4.26. The van der Waals surface area contributed by atoms with E-state index in [1.807, 2.05) is 30.3 Å². The Balaban J connectivity index is 1.02. The predicted molar refractivity (Wildman–Crippen MR) is 200 cm³/mol. The van der Waals surface area contributed by atoms with Gasteiger partial charge in [0.15, 0.2) is 0 Å². The lowest BCUT2D eigenvalue weighted by Crippen LogP contribution is -2.58. The summed E-state index contributed by atoms with van der Waals surface area (Å²) in [6.45, 7) is 4.51. The zero-order valence-corrected chi connectivity index (χ0v) is 30.7. The van der Waals surface area contributed by atoms with E-state index in [1.165, 1.54) is 16.7 Å². The van der Waals surface area contributed by atoms with Crippen LogP contribution in [0.3, 0.4) is 0 Å². The van der Waals surface area contributed by atoms with Crippen molar-refractivity contribution in [3.8, 4) is 45.1 Å². The Morgan fingerprint density at radius 1 is 0.804 bits per heavy atom. The number of aromatic nitrogens is 1. The number of rotatable bonds is 8. The Bertz CT molecular complexity index is 2060. The minimum atomic E-state index is 0.0747. The Kier molecular flexibility index (Phi) is 8.32. The van der Waals surface area contributed by atoms with E-state index in [0.717, 1.165) is 103 Å². The number of nitrogens with one attached hydrogen (secondary N) is 1. The van der Waals surface area contributed by atoms with Crippen molar-refractivity contribution < 1.29 is 19.0 Å². The summed E-state index contributed by atoms with van der Waals surface area (Å²) in [5.41, 5.74) is 10.4. The number of methoxy groups -OCH3 is 3. The zero-order chi connectivity index (χ0) is 35.0. The van der Waals surface area contributed by atoms with Gasteiger partial charge in [-0.15, -0.1) is 0 Å². The maximum absolute atomic E-state index is 11.9. The molecule has 2 aliphatic carbocycles. The number of fused-ring (bicyclic) bond motifs is 2. The highest BCUT2D eigenvalue weighted by Gasteiger charge is 2.51. The molecule has 51 heavy (non-hydrogen) atoms. The number of pyridine rings is 1. The van der Waals surface area contributed by atoms with Crippen LogP contribution in [0.15, 0.2) is 54.6 Å². The molecule has 2 unspecified atom stereocenters. The predicted octanol–water partition coefficient (Wildman–Crippen LogP) is 7.53. The van der Waals surface area contributed by atoms with Crippen LogP contribution in [0.1, 0.15) is 53.6 Å². The third-order valence-electron chi connectivity index (χ3n) is 12.0. The van der Waals surface area contributed by atoms with Crippen molar-refractivity contribution in [3.63, 3.8) is 0 Å². The Morgan fingerprint density at radius 2 is 1.45 bits per heavy atom. The van der Waals surface area contributed by atoms with Crippen LogP contribution in [-0.4, -0.2) is 80.8 Å². The fourth-order valence-electron chi connectivity index (χ4n) is 9.42. The second kappa shape index (κ2) is 12.8. The normalized spacial score (nSPS) is 22.4. The van der Waals surface area contributed by atoms with Gasteiger partial charge in [0.2, 0.25) is 11.8 Å². The van der Waals surface area contributed by atoms with Crippen LogP contribution in [0.4, 0.5) is 0 Å². The molecule has 4 aromatic rings. The Labute approximate surface area is 309 Å². The number of likely N-dealkylation sites (tertiary alicyclic amines) is 2. The van der Waals surface area contributed by atoms with Crippen molar-refractivity contribution in [2.45, 2.75) is 50.3 Å². The quantitative estimate of drug-likeness (QED) is 0.201. The second-order valence-electron chi connectivity index (χ2n) is 15.0. The number of hydrogen-bond acceptors (Lipinski definition) is 7. The Morgan fingerprint density at radius 3 is 2.10 bits per heavy atom. The summed E-state index contributed by atoms with van der Waals surface area (Å²) < 4.78 is 17.5. The number of carbonyl (C=O) groups is 1. The van der Waals surface area contributed by atoms with Gasteiger partial charge in [0.25, 0.3) is 0 Å². The van der Waals surface area contributed by atoms with Crippen molar-refractivity contribution in [2.75, 3.05) is 54.1 Å². The summed E-state index contributed by atoms with van der Waals surface area (Å²) in [4.78, 5) is 21.9. The molecule has 5 aliphatic rings. The molecule has 1 spiro atoms. The van der Waals surface area contributed by atoms with Crippen molar-refractivity contribution in [1.82, 2.24) is 20.1 Å². The van der Waals surface area contributed by atoms with Crippen LogP contribution in [-0.2, 0) is 22.4 Å². The van der Waals surface area contributed by atoms with Crippen LogP contribution in [0, 0.1) is 5.41 Å². The van der Waals surface area contributed by atoms with E-state index in [-0.39, 0.29) is 17.4 Å². The fraction of sp³-hybridized carbons (Fsp3) is 0.415. The van der Waals surface area contributed by atoms with Crippen LogP contribution >= 0.6 is 23.2 Å². The first-order chi connectivity index (χ1) is 24.8. The number of carbonyl (C=O) groups excluding carboxylic acids is 1. The number of nitrogens with zero attached hydrogens (tertiary/aromatic N) is 3. The highest BCUT2D eigenvalue weighted by molar-refractivity contribution is 6.39. The van der Waals surface area contributed by atoms with Gasteiger partial charge >= 0.3 is 0 Å². The lowest BCUT2D eigenvalue weighted by molar-refractivity contribution is -0.121. The monoisotopic (exact) mass is 724 g/mol. The molecule has 2 atom stereocenters. The van der Waals surface area contributed by atoms with Gasteiger partial charge in [0.05, 0.1) is 36.1 Å². The SMILES string of the molecule is COc1cc(-c2cccc(-c3cccc(-c4cc5c(c(OC)n4)C(N4CC6(CNC(=O)C6)C4)CC5)c3Cl)c2Cl)cc2c1C(N1CC(OC)C1)CC2. The van der Waals surface area contributed by atoms with Crippen LogP contribution in [0.2, 0.25) is 10.0 Å². The molecule has 1 N–H and O–H groups in total. The summed E-state index contributed by atoms with van der Waals surface area (Å²) in [7, 11) is 5.24. The molecule has 3 saturated heterocycles. The molecule has 0 radical (unpaired) electrons. The third-order valence-corrected chi connectivity index (χ3v) is 12.8. The lowest BCUT2D eigenvalue weighted by Gasteiger charge is -2.50. The summed E-state index contributed by atoms with van der Waals surface area (Å²) in [6, 6.07) is 19.4. The Hall–Kier alpha value is -3.66. The third kappa shape index (κ3) is 5.45. The minimum absolute atomic E-state index is 0.0747. The maximum Gasteiger partial charge on any atom is 0.220 e. The summed E-state index contributed by atoms with van der Waals surface area (Å²) >= 11 is 14.6. The molecule has 8 nitrogen and oxygen atoms in total. The van der Waals surface area contributed by atoms with E-state index in [9.17, 15) is 4.79 Å².